The van der Waals surface area contributed by atoms with E-state index >= 15 is 0 Å². The van der Waals surface area contributed by atoms with Crippen LogP contribution < -0.4 is 0 Å². The van der Waals surface area contributed by atoms with E-state index in [2.05, 4.69) is 6.92 Å². The maximum Gasteiger partial charge on any atom is 0.339 e. The quantitative estimate of drug-likeness (QED) is 0.364. The molecule has 4 fully saturated rings. The van der Waals surface area contributed by atoms with Crippen LogP contribution in [0.1, 0.15) is 65.5 Å². The zero-order valence-electron chi connectivity index (χ0n) is 20.2. The van der Waals surface area contributed by atoms with E-state index in [0.717, 1.165) is 5.56 Å². The first-order chi connectivity index (χ1) is 15.7. The van der Waals surface area contributed by atoms with Crippen LogP contribution in [0.15, 0.2) is 35.2 Å². The summed E-state index contributed by atoms with van der Waals surface area (Å²) in [6.45, 7) is 9.59. The second-order valence-corrected chi connectivity index (χ2v) is 12.1. The van der Waals surface area contributed by atoms with Crippen molar-refractivity contribution in [1.82, 2.24) is 0 Å². The molecule has 184 valence electrons. The third-order valence-electron chi connectivity index (χ3n) is 10.4. The van der Waals surface area contributed by atoms with Crippen molar-refractivity contribution in [2.45, 2.75) is 83.1 Å². The molecule has 8 nitrogen and oxygen atoms in total. The molecular formula is C26H32O8. The number of cyclic esters (lactones) is 2. The number of epoxide rings is 1. The fraction of sp³-hybridized carbons (Fsp3) is 0.692. The van der Waals surface area contributed by atoms with E-state index in [-0.39, 0.29) is 18.3 Å². The number of hydrogen-bond donors (Lipinski definition) is 2. The summed E-state index contributed by atoms with van der Waals surface area (Å²) in [6, 6.07) is 1.77. The molecule has 2 aliphatic carbocycles. The number of furan rings is 1. The first-order valence-corrected chi connectivity index (χ1v) is 12.0. The molecule has 2 saturated carbocycles. The Balaban J connectivity index is 1.56. The second-order valence-electron chi connectivity index (χ2n) is 12.1. The first-order valence-electron chi connectivity index (χ1n) is 12.0. The molecule has 3 aliphatic heterocycles. The SMILES string of the molecule is CC1(C)OC(=O)C=C[C@@]2(C)C1CC(O)(O)[C@]1(C)C2CC[C@@]2(C)[C@H](c3ccoc3)OC(=O)[C@H]3O[C@]321. The Morgan fingerprint density at radius 2 is 1.76 bits per heavy atom. The summed E-state index contributed by atoms with van der Waals surface area (Å²) in [7, 11) is 0. The third kappa shape index (κ3) is 2.26. The van der Waals surface area contributed by atoms with Gasteiger partial charge in [0.1, 0.15) is 17.3 Å². The lowest BCUT2D eigenvalue weighted by molar-refractivity contribution is -0.358. The Bertz CT molecular complexity index is 1100. The summed E-state index contributed by atoms with van der Waals surface area (Å²) in [6.07, 6.45) is 6.17. The van der Waals surface area contributed by atoms with Gasteiger partial charge < -0.3 is 28.8 Å². The average molecular weight is 473 g/mol. The van der Waals surface area contributed by atoms with Gasteiger partial charge in [0.2, 0.25) is 0 Å². The highest BCUT2D eigenvalue weighted by molar-refractivity contribution is 5.83. The van der Waals surface area contributed by atoms with Crippen LogP contribution in [-0.2, 0) is 23.8 Å². The lowest BCUT2D eigenvalue weighted by Crippen LogP contribution is -2.76. The van der Waals surface area contributed by atoms with Gasteiger partial charge in [-0.1, -0.05) is 26.8 Å². The predicted molar refractivity (Wildman–Crippen MR) is 117 cm³/mol. The molecule has 1 spiro atoms. The van der Waals surface area contributed by atoms with E-state index in [0.29, 0.717) is 12.8 Å². The van der Waals surface area contributed by atoms with Gasteiger partial charge in [-0.05, 0) is 44.1 Å². The molecule has 1 aromatic heterocycles. The molecule has 34 heavy (non-hydrogen) atoms. The molecule has 6 rings (SSSR count). The van der Waals surface area contributed by atoms with Crippen LogP contribution in [0.3, 0.4) is 0 Å². The van der Waals surface area contributed by atoms with Gasteiger partial charge in [0, 0.05) is 29.4 Å². The molecule has 0 aromatic carbocycles. The van der Waals surface area contributed by atoms with Crippen molar-refractivity contribution in [2.75, 3.05) is 0 Å². The zero-order valence-corrected chi connectivity index (χ0v) is 20.2. The minimum atomic E-state index is -2.18. The number of rotatable bonds is 1. The zero-order chi connectivity index (χ0) is 24.5. The lowest BCUT2D eigenvalue weighted by atomic mass is 9.36. The van der Waals surface area contributed by atoms with Crippen molar-refractivity contribution in [2.24, 2.45) is 28.1 Å². The largest absolute Gasteiger partial charge is 0.472 e. The smallest absolute Gasteiger partial charge is 0.339 e. The Labute approximate surface area is 198 Å². The number of carbonyl (C=O) groups excluding carboxylic acids is 2. The topological polar surface area (TPSA) is 119 Å². The monoisotopic (exact) mass is 472 g/mol. The third-order valence-corrected chi connectivity index (χ3v) is 10.4. The Kier molecular flexibility index (Phi) is 4.03. The number of allylic oxidation sites excluding steroid dienone is 1. The van der Waals surface area contributed by atoms with Crippen molar-refractivity contribution in [3.63, 3.8) is 0 Å². The van der Waals surface area contributed by atoms with Crippen LogP contribution >= 0.6 is 0 Å². The average Bonchev–Trinajstić information content (AvgIpc) is 3.33. The minimum Gasteiger partial charge on any atom is -0.472 e. The van der Waals surface area contributed by atoms with Crippen LogP contribution in [0.25, 0.3) is 0 Å². The van der Waals surface area contributed by atoms with E-state index in [9.17, 15) is 19.8 Å². The van der Waals surface area contributed by atoms with Crippen LogP contribution in [0.2, 0.25) is 0 Å². The number of hydrogen-bond acceptors (Lipinski definition) is 8. The summed E-state index contributed by atoms with van der Waals surface area (Å²) >= 11 is 0. The molecule has 8 atom stereocenters. The van der Waals surface area contributed by atoms with Crippen molar-refractivity contribution in [1.29, 1.82) is 0 Å². The molecule has 0 radical (unpaired) electrons. The molecule has 4 heterocycles. The molecule has 0 bridgehead atoms. The van der Waals surface area contributed by atoms with Gasteiger partial charge in [-0.2, -0.15) is 0 Å². The van der Waals surface area contributed by atoms with E-state index in [4.69, 9.17) is 18.6 Å². The summed E-state index contributed by atoms with van der Waals surface area (Å²) in [5.74, 6) is -3.77. The molecule has 2 unspecified atom stereocenters. The minimum absolute atomic E-state index is 0.0273. The Morgan fingerprint density at radius 1 is 1.03 bits per heavy atom. The fourth-order valence-electron chi connectivity index (χ4n) is 8.77. The maximum atomic E-state index is 13.1. The molecule has 0 amide bonds. The number of fused-ring (bicyclic) bond motifs is 3. The van der Waals surface area contributed by atoms with Gasteiger partial charge in [0.05, 0.1) is 17.9 Å². The standard InChI is InChI=1S/C26H32O8/c1-21(2)16-12-25(29,30)24(5)15(22(16,3)9-7-17(27)33-21)6-10-23(4)18(14-8-11-31-13-14)32-20(28)19-26(23,24)34-19/h7-9,11,13,15-16,18-19,29-30H,6,10,12H2,1-5H3/t15?,16?,18-,19+,22+,23-,24-,26+/m0/s1. The Hall–Kier alpha value is -2.16. The van der Waals surface area contributed by atoms with Gasteiger partial charge in [0.25, 0.3) is 0 Å². The van der Waals surface area contributed by atoms with Crippen LogP contribution in [-0.4, -0.2) is 45.2 Å². The van der Waals surface area contributed by atoms with Crippen molar-refractivity contribution in [3.8, 4) is 0 Å². The van der Waals surface area contributed by atoms with E-state index in [1.54, 1.807) is 12.3 Å². The molecule has 5 aliphatic rings. The van der Waals surface area contributed by atoms with Gasteiger partial charge in [0.15, 0.2) is 11.9 Å². The van der Waals surface area contributed by atoms with E-state index in [1.807, 2.05) is 33.8 Å². The molecule has 8 heteroatoms. The first kappa shape index (κ1) is 22.3. The van der Waals surface area contributed by atoms with Gasteiger partial charge >= 0.3 is 11.9 Å². The van der Waals surface area contributed by atoms with Gasteiger partial charge in [-0.25, -0.2) is 9.59 Å². The van der Waals surface area contributed by atoms with Crippen LogP contribution in [0.5, 0.6) is 0 Å². The highest BCUT2D eigenvalue weighted by Gasteiger charge is 2.90. The lowest BCUT2D eigenvalue weighted by Gasteiger charge is -2.69. The number of aliphatic hydroxyl groups is 2. The predicted octanol–water partition coefficient (Wildman–Crippen LogP) is 3.04. The maximum absolute atomic E-state index is 13.1. The fourth-order valence-corrected chi connectivity index (χ4v) is 8.77. The number of ether oxygens (including phenoxy) is 3. The summed E-state index contributed by atoms with van der Waals surface area (Å²) in [4.78, 5) is 25.5. The van der Waals surface area contributed by atoms with Crippen molar-refractivity contribution in [3.05, 3.63) is 36.3 Å². The Morgan fingerprint density at radius 3 is 2.44 bits per heavy atom. The van der Waals surface area contributed by atoms with Gasteiger partial charge in [-0.3, -0.25) is 0 Å². The molecule has 2 saturated heterocycles. The summed E-state index contributed by atoms with van der Waals surface area (Å²) < 4.78 is 23.2. The normalized spacial score (nSPS) is 50.0. The highest BCUT2D eigenvalue weighted by atomic mass is 16.7. The highest BCUT2D eigenvalue weighted by Crippen LogP contribution is 2.80. The van der Waals surface area contributed by atoms with E-state index < -0.39 is 57.4 Å². The van der Waals surface area contributed by atoms with Crippen LogP contribution in [0.4, 0.5) is 0 Å². The van der Waals surface area contributed by atoms with Crippen molar-refractivity contribution >= 4 is 11.9 Å². The molecular weight excluding hydrogens is 440 g/mol. The molecule has 1 aromatic rings. The molecule has 2 N–H and O–H groups in total. The second kappa shape index (κ2) is 6.15. The number of carbonyl (C=O) groups is 2. The van der Waals surface area contributed by atoms with Crippen LogP contribution in [0, 0.1) is 28.1 Å². The summed E-state index contributed by atoms with van der Waals surface area (Å²) in [5.41, 5.74) is -3.87. The van der Waals surface area contributed by atoms with Gasteiger partial charge in [-0.15, -0.1) is 0 Å². The summed E-state index contributed by atoms with van der Waals surface area (Å²) in [5, 5.41) is 23.7. The van der Waals surface area contributed by atoms with Crippen molar-refractivity contribution < 1.29 is 38.4 Å². The number of esters is 2. The van der Waals surface area contributed by atoms with E-state index in [1.165, 1.54) is 12.3 Å².